The van der Waals surface area contributed by atoms with Gasteiger partial charge in [0, 0.05) is 11.6 Å². The molecule has 6 nitrogen and oxygen atoms in total. The molecule has 1 fully saturated rings. The predicted molar refractivity (Wildman–Crippen MR) is 80.1 cm³/mol. The lowest BCUT2D eigenvalue weighted by molar-refractivity contribution is -0.0938. The van der Waals surface area contributed by atoms with Gasteiger partial charge in [0.1, 0.15) is 0 Å². The summed E-state index contributed by atoms with van der Waals surface area (Å²) in [4.78, 5) is 24.2. The van der Waals surface area contributed by atoms with Crippen LogP contribution in [0.3, 0.4) is 0 Å². The molecular weight excluding hydrogens is 286 g/mol. The maximum Gasteiger partial charge on any atom is 0.337 e. The van der Waals surface area contributed by atoms with E-state index in [1.165, 1.54) is 7.11 Å². The molecular formula is C16H17NO5. The normalized spacial score (nSPS) is 18.3. The molecule has 0 aliphatic carbocycles. The molecule has 0 unspecified atom stereocenters. The van der Waals surface area contributed by atoms with E-state index in [1.807, 2.05) is 6.07 Å². The predicted octanol–water partition coefficient (Wildman–Crippen LogP) is 1.20. The number of aromatic nitrogens is 1. The molecule has 0 spiro atoms. The van der Waals surface area contributed by atoms with Crippen LogP contribution in [0.5, 0.6) is 0 Å². The van der Waals surface area contributed by atoms with Gasteiger partial charge in [-0.05, 0) is 23.6 Å². The summed E-state index contributed by atoms with van der Waals surface area (Å²) in [6, 6.07) is 6.81. The van der Waals surface area contributed by atoms with Gasteiger partial charge in [0.2, 0.25) is 0 Å². The maximum atomic E-state index is 12.6. The van der Waals surface area contributed by atoms with Crippen LogP contribution >= 0.6 is 0 Å². The summed E-state index contributed by atoms with van der Waals surface area (Å²) >= 11 is 0. The van der Waals surface area contributed by atoms with Crippen molar-refractivity contribution in [2.45, 2.75) is 12.6 Å². The number of hydrogen-bond acceptors (Lipinski definition) is 5. The minimum atomic E-state index is -0.458. The van der Waals surface area contributed by atoms with E-state index in [-0.39, 0.29) is 11.7 Å². The number of carbonyl (C=O) groups excluding carboxylic acids is 1. The third kappa shape index (κ3) is 2.88. The summed E-state index contributed by atoms with van der Waals surface area (Å²) in [7, 11) is 1.32. The standard InChI is InChI=1S/C16H17NO5/c1-20-16(19)12-3-2-11-4-5-17(15(18)14(11)8-12)9-13-10-21-6-7-22-13/h2-5,8,13H,6-7,9-10H2,1H3/t13-/m1/s1. The molecule has 116 valence electrons. The Balaban J connectivity index is 1.96. The second-order valence-corrected chi connectivity index (χ2v) is 5.13. The average molecular weight is 303 g/mol. The number of esters is 1. The summed E-state index contributed by atoms with van der Waals surface area (Å²) in [6.07, 6.45) is 1.60. The van der Waals surface area contributed by atoms with Crippen LogP contribution in [0.4, 0.5) is 0 Å². The largest absolute Gasteiger partial charge is 0.465 e. The van der Waals surface area contributed by atoms with Gasteiger partial charge in [-0.3, -0.25) is 4.79 Å². The van der Waals surface area contributed by atoms with Crippen LogP contribution in [-0.2, 0) is 20.8 Å². The molecule has 0 bridgehead atoms. The van der Waals surface area contributed by atoms with E-state index < -0.39 is 5.97 Å². The molecule has 1 aliphatic heterocycles. The van der Waals surface area contributed by atoms with E-state index in [9.17, 15) is 9.59 Å². The van der Waals surface area contributed by atoms with Crippen molar-refractivity contribution in [2.75, 3.05) is 26.9 Å². The first-order chi connectivity index (χ1) is 10.7. The van der Waals surface area contributed by atoms with Gasteiger partial charge in [-0.1, -0.05) is 6.07 Å². The van der Waals surface area contributed by atoms with Crippen molar-refractivity contribution in [1.82, 2.24) is 4.57 Å². The Morgan fingerprint density at radius 1 is 1.36 bits per heavy atom. The molecule has 1 saturated heterocycles. The number of hydrogen-bond donors (Lipinski definition) is 0. The van der Waals surface area contributed by atoms with Crippen molar-refractivity contribution in [3.8, 4) is 0 Å². The van der Waals surface area contributed by atoms with Crippen LogP contribution < -0.4 is 5.56 Å². The molecule has 22 heavy (non-hydrogen) atoms. The topological polar surface area (TPSA) is 66.8 Å². The van der Waals surface area contributed by atoms with Gasteiger partial charge in [-0.25, -0.2) is 4.79 Å². The SMILES string of the molecule is COC(=O)c1ccc2ccn(C[C@@H]3COCCO3)c(=O)c2c1. The Hall–Kier alpha value is -2.18. The van der Waals surface area contributed by atoms with E-state index in [0.29, 0.717) is 37.3 Å². The minimum Gasteiger partial charge on any atom is -0.465 e. The molecule has 3 rings (SSSR count). The Kier molecular flexibility index (Phi) is 4.22. The van der Waals surface area contributed by atoms with Gasteiger partial charge >= 0.3 is 5.97 Å². The van der Waals surface area contributed by atoms with Crippen molar-refractivity contribution in [2.24, 2.45) is 0 Å². The van der Waals surface area contributed by atoms with Crippen molar-refractivity contribution < 1.29 is 19.0 Å². The van der Waals surface area contributed by atoms with E-state index in [1.54, 1.807) is 29.0 Å². The van der Waals surface area contributed by atoms with Crippen molar-refractivity contribution >= 4 is 16.7 Å². The zero-order chi connectivity index (χ0) is 15.5. The van der Waals surface area contributed by atoms with Gasteiger partial charge in [-0.15, -0.1) is 0 Å². The van der Waals surface area contributed by atoms with Crippen LogP contribution in [0, 0.1) is 0 Å². The molecule has 1 aromatic carbocycles. The number of benzene rings is 1. The Morgan fingerprint density at radius 3 is 2.95 bits per heavy atom. The lowest BCUT2D eigenvalue weighted by Gasteiger charge is -2.23. The van der Waals surface area contributed by atoms with Crippen molar-refractivity contribution in [3.05, 3.63) is 46.4 Å². The average Bonchev–Trinajstić information content (AvgIpc) is 2.57. The lowest BCUT2D eigenvalue weighted by atomic mass is 10.1. The first kappa shape index (κ1) is 14.7. The van der Waals surface area contributed by atoms with Crippen LogP contribution in [0.15, 0.2) is 35.3 Å². The first-order valence-corrected chi connectivity index (χ1v) is 7.10. The monoisotopic (exact) mass is 303 g/mol. The summed E-state index contributed by atoms with van der Waals surface area (Å²) < 4.78 is 17.2. The number of nitrogens with zero attached hydrogens (tertiary/aromatic N) is 1. The molecule has 1 atom stereocenters. The second kappa shape index (κ2) is 6.29. The molecule has 2 aromatic rings. The first-order valence-electron chi connectivity index (χ1n) is 7.10. The lowest BCUT2D eigenvalue weighted by Crippen LogP contribution is -2.35. The van der Waals surface area contributed by atoms with Crippen LogP contribution in [0.2, 0.25) is 0 Å². The quantitative estimate of drug-likeness (QED) is 0.797. The summed E-state index contributed by atoms with van der Waals surface area (Å²) in [5.41, 5.74) is 0.208. The highest BCUT2D eigenvalue weighted by atomic mass is 16.6. The van der Waals surface area contributed by atoms with Crippen molar-refractivity contribution in [3.63, 3.8) is 0 Å². The highest BCUT2D eigenvalue weighted by Gasteiger charge is 2.16. The van der Waals surface area contributed by atoms with Gasteiger partial charge in [0.05, 0.1) is 45.1 Å². The summed E-state index contributed by atoms with van der Waals surface area (Å²) in [6.45, 7) is 2.04. The number of ether oxygens (including phenoxy) is 3. The summed E-state index contributed by atoms with van der Waals surface area (Å²) in [5, 5.41) is 1.27. The van der Waals surface area contributed by atoms with E-state index in [4.69, 9.17) is 14.2 Å². The minimum absolute atomic E-state index is 0.132. The molecule has 0 amide bonds. The third-order valence-electron chi connectivity index (χ3n) is 3.68. The Labute approximate surface area is 127 Å². The Morgan fingerprint density at radius 2 is 2.23 bits per heavy atom. The number of methoxy groups -OCH3 is 1. The molecule has 2 heterocycles. The zero-order valence-corrected chi connectivity index (χ0v) is 12.3. The van der Waals surface area contributed by atoms with Crippen LogP contribution in [0.1, 0.15) is 10.4 Å². The zero-order valence-electron chi connectivity index (χ0n) is 12.3. The highest BCUT2D eigenvalue weighted by molar-refractivity contribution is 5.95. The van der Waals surface area contributed by atoms with Crippen LogP contribution in [0.25, 0.3) is 10.8 Å². The van der Waals surface area contributed by atoms with E-state index in [0.717, 1.165) is 5.39 Å². The van der Waals surface area contributed by atoms with Gasteiger partial charge in [0.25, 0.3) is 5.56 Å². The number of pyridine rings is 1. The molecule has 0 radical (unpaired) electrons. The number of carbonyl (C=O) groups is 1. The molecule has 0 N–H and O–H groups in total. The molecule has 6 heteroatoms. The smallest absolute Gasteiger partial charge is 0.337 e. The van der Waals surface area contributed by atoms with Gasteiger partial charge in [0.15, 0.2) is 0 Å². The van der Waals surface area contributed by atoms with E-state index in [2.05, 4.69) is 0 Å². The maximum absolute atomic E-state index is 12.6. The Bertz CT molecular complexity index is 746. The highest BCUT2D eigenvalue weighted by Crippen LogP contribution is 2.14. The number of fused-ring (bicyclic) bond motifs is 1. The molecule has 1 aromatic heterocycles. The van der Waals surface area contributed by atoms with Gasteiger partial charge in [-0.2, -0.15) is 0 Å². The van der Waals surface area contributed by atoms with Gasteiger partial charge < -0.3 is 18.8 Å². The molecule has 1 aliphatic rings. The number of rotatable bonds is 3. The second-order valence-electron chi connectivity index (χ2n) is 5.13. The van der Waals surface area contributed by atoms with Crippen LogP contribution in [-0.4, -0.2) is 43.6 Å². The third-order valence-corrected chi connectivity index (χ3v) is 3.68. The van der Waals surface area contributed by atoms with E-state index >= 15 is 0 Å². The fraction of sp³-hybridized carbons (Fsp3) is 0.375. The fourth-order valence-corrected chi connectivity index (χ4v) is 2.53. The summed E-state index contributed by atoms with van der Waals surface area (Å²) in [5.74, 6) is -0.458. The fourth-order valence-electron chi connectivity index (χ4n) is 2.53. The molecule has 0 saturated carbocycles. The van der Waals surface area contributed by atoms with Crippen molar-refractivity contribution in [1.29, 1.82) is 0 Å².